The van der Waals surface area contributed by atoms with Crippen molar-refractivity contribution in [1.82, 2.24) is 9.78 Å². The van der Waals surface area contributed by atoms with Crippen LogP contribution < -0.4 is 5.73 Å². The molecule has 0 bridgehead atoms. The number of aromatic nitrogens is 2. The lowest BCUT2D eigenvalue weighted by Crippen LogP contribution is -2.36. The molecule has 1 aromatic rings. The molecule has 1 fully saturated rings. The van der Waals surface area contributed by atoms with E-state index in [0.717, 1.165) is 18.9 Å². The molecule has 2 unspecified atom stereocenters. The van der Waals surface area contributed by atoms with Gasteiger partial charge in [-0.15, -0.1) is 0 Å². The molecule has 18 heavy (non-hydrogen) atoms. The fourth-order valence-electron chi connectivity index (χ4n) is 3.46. The Morgan fingerprint density at radius 2 is 2.39 bits per heavy atom. The van der Waals surface area contributed by atoms with Gasteiger partial charge in [-0.25, -0.2) is 0 Å². The zero-order valence-electron chi connectivity index (χ0n) is 11.9. The first-order chi connectivity index (χ1) is 8.67. The molecule has 3 heteroatoms. The third-order valence-electron chi connectivity index (χ3n) is 4.75. The smallest absolute Gasteiger partial charge is 0.0521 e. The molecular weight excluding hydrogens is 222 g/mol. The summed E-state index contributed by atoms with van der Waals surface area (Å²) in [5.41, 5.74) is 7.85. The van der Waals surface area contributed by atoms with Gasteiger partial charge in [0.25, 0.3) is 0 Å². The average molecular weight is 249 g/mol. The Morgan fingerprint density at radius 1 is 1.56 bits per heavy atom. The highest BCUT2D eigenvalue weighted by Gasteiger charge is 2.34. The molecule has 0 aliphatic heterocycles. The molecule has 2 rings (SSSR count). The van der Waals surface area contributed by atoms with Crippen molar-refractivity contribution in [1.29, 1.82) is 0 Å². The third kappa shape index (κ3) is 3.14. The van der Waals surface area contributed by atoms with Crippen LogP contribution in [0.1, 0.15) is 51.0 Å². The van der Waals surface area contributed by atoms with Crippen molar-refractivity contribution in [3.63, 3.8) is 0 Å². The Bertz CT molecular complexity index is 372. The van der Waals surface area contributed by atoms with Crippen molar-refractivity contribution in [3.05, 3.63) is 18.0 Å². The Balaban J connectivity index is 1.95. The number of aryl methyl sites for hydroxylation is 2. The summed E-state index contributed by atoms with van der Waals surface area (Å²) < 4.78 is 1.89. The quantitative estimate of drug-likeness (QED) is 0.872. The van der Waals surface area contributed by atoms with Crippen LogP contribution in [0.4, 0.5) is 0 Å². The molecule has 1 aromatic heterocycles. The van der Waals surface area contributed by atoms with Gasteiger partial charge in [0.15, 0.2) is 0 Å². The summed E-state index contributed by atoms with van der Waals surface area (Å²) >= 11 is 0. The largest absolute Gasteiger partial charge is 0.330 e. The summed E-state index contributed by atoms with van der Waals surface area (Å²) in [7, 11) is 1.98. The van der Waals surface area contributed by atoms with Crippen molar-refractivity contribution in [2.24, 2.45) is 24.1 Å². The second-order valence-electron chi connectivity index (χ2n) is 6.10. The molecule has 0 radical (unpaired) electrons. The van der Waals surface area contributed by atoms with Crippen molar-refractivity contribution in [3.8, 4) is 0 Å². The maximum absolute atomic E-state index is 6.10. The fourth-order valence-corrected chi connectivity index (χ4v) is 3.46. The fraction of sp³-hybridized carbons (Fsp3) is 0.800. The van der Waals surface area contributed by atoms with Gasteiger partial charge in [-0.05, 0) is 49.1 Å². The highest BCUT2D eigenvalue weighted by atomic mass is 15.2. The highest BCUT2D eigenvalue weighted by molar-refractivity contribution is 5.05. The van der Waals surface area contributed by atoms with Crippen LogP contribution in [0.15, 0.2) is 12.4 Å². The molecular formula is C15H27N3. The average Bonchev–Trinajstić information content (AvgIpc) is 2.82. The van der Waals surface area contributed by atoms with E-state index in [-0.39, 0.29) is 0 Å². The molecule has 1 aliphatic carbocycles. The number of nitrogens with two attached hydrogens (primary N) is 1. The van der Waals surface area contributed by atoms with Crippen LogP contribution in [0.25, 0.3) is 0 Å². The molecule has 2 atom stereocenters. The Hall–Kier alpha value is -0.830. The van der Waals surface area contributed by atoms with Crippen LogP contribution in [-0.4, -0.2) is 16.3 Å². The first kappa shape index (κ1) is 13.6. The molecule has 1 aliphatic rings. The summed E-state index contributed by atoms with van der Waals surface area (Å²) in [6.45, 7) is 3.17. The van der Waals surface area contributed by atoms with Gasteiger partial charge in [-0.1, -0.05) is 26.2 Å². The van der Waals surface area contributed by atoms with Gasteiger partial charge in [-0.3, -0.25) is 4.68 Å². The van der Waals surface area contributed by atoms with E-state index >= 15 is 0 Å². The summed E-state index contributed by atoms with van der Waals surface area (Å²) in [5.74, 6) is 0.899. The SMILES string of the molecule is CCC1CCCC(CN)(CCc2cnn(C)c2)C1. The first-order valence-corrected chi connectivity index (χ1v) is 7.35. The standard InChI is InChI=1S/C15H27N3/c1-3-13-5-4-7-15(9-13,12-16)8-6-14-10-17-18(2)11-14/h10-11,13H,3-9,12,16H2,1-2H3. The second-order valence-corrected chi connectivity index (χ2v) is 6.10. The van der Waals surface area contributed by atoms with E-state index in [9.17, 15) is 0 Å². The Kier molecular flexibility index (Phi) is 4.44. The van der Waals surface area contributed by atoms with Crippen LogP contribution >= 0.6 is 0 Å². The molecule has 2 N–H and O–H groups in total. The van der Waals surface area contributed by atoms with E-state index in [0.29, 0.717) is 5.41 Å². The van der Waals surface area contributed by atoms with Gasteiger partial charge >= 0.3 is 0 Å². The van der Waals surface area contributed by atoms with E-state index in [1.165, 1.54) is 44.1 Å². The van der Waals surface area contributed by atoms with E-state index < -0.39 is 0 Å². The predicted molar refractivity (Wildman–Crippen MR) is 75.3 cm³/mol. The summed E-state index contributed by atoms with van der Waals surface area (Å²) in [4.78, 5) is 0. The maximum Gasteiger partial charge on any atom is 0.0521 e. The van der Waals surface area contributed by atoms with Crippen LogP contribution in [0.5, 0.6) is 0 Å². The number of hydrogen-bond donors (Lipinski definition) is 1. The van der Waals surface area contributed by atoms with E-state index in [1.807, 2.05) is 17.9 Å². The number of rotatable bonds is 5. The summed E-state index contributed by atoms with van der Waals surface area (Å²) in [6, 6.07) is 0. The lowest BCUT2D eigenvalue weighted by atomic mass is 9.66. The first-order valence-electron chi connectivity index (χ1n) is 7.35. The molecule has 0 saturated heterocycles. The Labute approximate surface area is 111 Å². The second kappa shape index (κ2) is 5.87. The van der Waals surface area contributed by atoms with Crippen molar-refractivity contribution >= 4 is 0 Å². The van der Waals surface area contributed by atoms with Crippen molar-refractivity contribution in [2.75, 3.05) is 6.54 Å². The van der Waals surface area contributed by atoms with Crippen molar-refractivity contribution in [2.45, 2.75) is 51.9 Å². The molecule has 1 heterocycles. The van der Waals surface area contributed by atoms with Crippen LogP contribution in [0, 0.1) is 11.3 Å². The Morgan fingerprint density at radius 3 is 3.00 bits per heavy atom. The van der Waals surface area contributed by atoms with E-state index in [1.54, 1.807) is 0 Å². The number of nitrogens with zero attached hydrogens (tertiary/aromatic N) is 2. The predicted octanol–water partition coefficient (Wildman–Crippen LogP) is 2.90. The van der Waals surface area contributed by atoms with Gasteiger partial charge in [0.1, 0.15) is 0 Å². The molecule has 0 spiro atoms. The normalized spacial score (nSPS) is 28.5. The van der Waals surface area contributed by atoms with Crippen LogP contribution in [-0.2, 0) is 13.5 Å². The molecule has 3 nitrogen and oxygen atoms in total. The van der Waals surface area contributed by atoms with Gasteiger partial charge in [0, 0.05) is 13.2 Å². The van der Waals surface area contributed by atoms with E-state index in [4.69, 9.17) is 5.73 Å². The zero-order valence-corrected chi connectivity index (χ0v) is 11.9. The van der Waals surface area contributed by atoms with Crippen LogP contribution in [0.3, 0.4) is 0 Å². The zero-order chi connectivity index (χ0) is 13.0. The third-order valence-corrected chi connectivity index (χ3v) is 4.75. The molecule has 0 amide bonds. The van der Waals surface area contributed by atoms with Gasteiger partial charge in [0.2, 0.25) is 0 Å². The summed E-state index contributed by atoms with van der Waals surface area (Å²) in [6.07, 6.45) is 13.2. The molecule has 0 aromatic carbocycles. The minimum Gasteiger partial charge on any atom is -0.330 e. The molecule has 102 valence electrons. The summed E-state index contributed by atoms with van der Waals surface area (Å²) in [5, 5.41) is 4.25. The lowest BCUT2D eigenvalue weighted by Gasteiger charge is -2.40. The van der Waals surface area contributed by atoms with Gasteiger partial charge in [-0.2, -0.15) is 5.10 Å². The van der Waals surface area contributed by atoms with Crippen LogP contribution in [0.2, 0.25) is 0 Å². The number of hydrogen-bond acceptors (Lipinski definition) is 2. The topological polar surface area (TPSA) is 43.8 Å². The van der Waals surface area contributed by atoms with Gasteiger partial charge < -0.3 is 5.73 Å². The minimum atomic E-state index is 0.398. The molecule has 1 saturated carbocycles. The monoisotopic (exact) mass is 249 g/mol. The lowest BCUT2D eigenvalue weighted by molar-refractivity contribution is 0.131. The minimum absolute atomic E-state index is 0.398. The highest BCUT2D eigenvalue weighted by Crippen LogP contribution is 2.43. The maximum atomic E-state index is 6.10. The van der Waals surface area contributed by atoms with Gasteiger partial charge in [0.05, 0.1) is 6.20 Å². The van der Waals surface area contributed by atoms with Crippen molar-refractivity contribution < 1.29 is 0 Å². The van der Waals surface area contributed by atoms with E-state index in [2.05, 4.69) is 18.2 Å².